The molecule has 0 aliphatic rings. The highest BCUT2D eigenvalue weighted by Crippen LogP contribution is 2.26. The third kappa shape index (κ3) is 2.90. The molecule has 1 amide bonds. The maximum atomic E-state index is 13.0. The lowest BCUT2D eigenvalue weighted by molar-refractivity contribution is 0.0945. The second-order valence-corrected chi connectivity index (χ2v) is 6.07. The molecule has 0 bridgehead atoms. The summed E-state index contributed by atoms with van der Waals surface area (Å²) in [4.78, 5) is 13.4. The normalized spacial score (nSPS) is 11.0. The molecule has 1 aromatic carbocycles. The van der Waals surface area contributed by atoms with Crippen LogP contribution >= 0.6 is 11.3 Å². The molecule has 22 heavy (non-hydrogen) atoms. The van der Waals surface area contributed by atoms with Gasteiger partial charge in [-0.2, -0.15) is 0 Å². The van der Waals surface area contributed by atoms with E-state index in [9.17, 15) is 9.18 Å². The number of nitrogens with zero attached hydrogens (tertiary/aromatic N) is 1. The first-order valence-electron chi connectivity index (χ1n) is 7.28. The number of carbonyl (C=O) groups is 1. The van der Waals surface area contributed by atoms with Gasteiger partial charge in [-0.3, -0.25) is 4.79 Å². The van der Waals surface area contributed by atoms with E-state index < -0.39 is 0 Å². The maximum Gasteiger partial charge on any atom is 0.267 e. The Balaban J connectivity index is 1.96. The number of rotatable bonds is 5. The lowest BCUT2D eigenvalue weighted by Gasteiger charge is -2.10. The van der Waals surface area contributed by atoms with Crippen LogP contribution in [0.3, 0.4) is 0 Å². The van der Waals surface area contributed by atoms with Gasteiger partial charge in [-0.15, -0.1) is 11.3 Å². The first-order valence-corrected chi connectivity index (χ1v) is 8.16. The Kier molecular flexibility index (Phi) is 4.24. The van der Waals surface area contributed by atoms with Crippen molar-refractivity contribution in [2.45, 2.75) is 19.9 Å². The van der Waals surface area contributed by atoms with Crippen molar-refractivity contribution in [3.8, 4) is 0 Å². The Morgan fingerprint density at radius 1 is 1.27 bits per heavy atom. The van der Waals surface area contributed by atoms with E-state index in [1.807, 2.05) is 29.0 Å². The molecular weight excluding hydrogens is 299 g/mol. The Morgan fingerprint density at radius 2 is 2.05 bits per heavy atom. The number of hydrogen-bond acceptors (Lipinski definition) is 2. The molecule has 0 spiro atoms. The summed E-state index contributed by atoms with van der Waals surface area (Å²) in [6, 6.07) is 10.3. The quantitative estimate of drug-likeness (QED) is 0.757. The third-order valence-electron chi connectivity index (χ3n) is 3.52. The SMILES string of the molecule is CCCNC(=O)c1cc2ccsc2n1Cc1ccc(F)cc1. The molecule has 114 valence electrons. The predicted molar refractivity (Wildman–Crippen MR) is 87.9 cm³/mol. The van der Waals surface area contributed by atoms with Gasteiger partial charge in [0, 0.05) is 18.5 Å². The molecule has 0 radical (unpaired) electrons. The lowest BCUT2D eigenvalue weighted by atomic mass is 10.2. The predicted octanol–water partition coefficient (Wildman–Crippen LogP) is 4.03. The molecule has 0 aliphatic carbocycles. The molecular formula is C17H17FN2OS. The van der Waals surface area contributed by atoms with Gasteiger partial charge in [0.25, 0.3) is 5.91 Å². The summed E-state index contributed by atoms with van der Waals surface area (Å²) in [5.74, 6) is -0.314. The van der Waals surface area contributed by atoms with Crippen LogP contribution < -0.4 is 5.32 Å². The standard InChI is InChI=1S/C17H17FN2OS/c1-2-8-19-16(21)15-10-13-7-9-22-17(13)20(15)11-12-3-5-14(18)6-4-12/h3-7,9-10H,2,8,11H2,1H3,(H,19,21). The monoisotopic (exact) mass is 316 g/mol. The van der Waals surface area contributed by atoms with Gasteiger partial charge in [0.15, 0.2) is 0 Å². The fourth-order valence-electron chi connectivity index (χ4n) is 2.42. The molecule has 0 unspecified atom stereocenters. The van der Waals surface area contributed by atoms with Crippen molar-refractivity contribution in [2.75, 3.05) is 6.54 Å². The Morgan fingerprint density at radius 3 is 2.77 bits per heavy atom. The van der Waals surface area contributed by atoms with Crippen LogP contribution in [0.2, 0.25) is 0 Å². The van der Waals surface area contributed by atoms with Gasteiger partial charge >= 0.3 is 0 Å². The fourth-order valence-corrected chi connectivity index (χ4v) is 3.32. The molecule has 0 fully saturated rings. The summed E-state index contributed by atoms with van der Waals surface area (Å²) in [6.45, 7) is 3.24. The van der Waals surface area contributed by atoms with E-state index in [0.717, 1.165) is 22.2 Å². The highest BCUT2D eigenvalue weighted by atomic mass is 32.1. The van der Waals surface area contributed by atoms with Crippen molar-refractivity contribution in [1.82, 2.24) is 9.88 Å². The number of aromatic nitrogens is 1. The van der Waals surface area contributed by atoms with Crippen molar-refractivity contribution in [3.63, 3.8) is 0 Å². The van der Waals surface area contributed by atoms with Gasteiger partial charge in [0.2, 0.25) is 0 Å². The second-order valence-electron chi connectivity index (χ2n) is 5.18. The number of carbonyl (C=O) groups excluding carboxylic acids is 1. The van der Waals surface area contributed by atoms with Crippen LogP contribution in [0.1, 0.15) is 29.4 Å². The average Bonchev–Trinajstić information content (AvgIpc) is 3.09. The molecule has 5 heteroatoms. The Labute approximate surface area is 132 Å². The van der Waals surface area contributed by atoms with E-state index in [1.54, 1.807) is 23.5 Å². The number of hydrogen-bond donors (Lipinski definition) is 1. The van der Waals surface area contributed by atoms with Crippen molar-refractivity contribution >= 4 is 27.5 Å². The zero-order valence-electron chi connectivity index (χ0n) is 12.3. The van der Waals surface area contributed by atoms with Crippen LogP contribution in [-0.2, 0) is 6.54 Å². The fraction of sp³-hybridized carbons (Fsp3) is 0.235. The Hall–Kier alpha value is -2.14. The number of thiophene rings is 1. The molecule has 0 aliphatic heterocycles. The van der Waals surface area contributed by atoms with Crippen LogP contribution in [0.25, 0.3) is 10.2 Å². The van der Waals surface area contributed by atoms with Gasteiger partial charge in [-0.05, 0) is 41.6 Å². The van der Waals surface area contributed by atoms with Crippen molar-refractivity contribution in [2.24, 2.45) is 0 Å². The zero-order valence-corrected chi connectivity index (χ0v) is 13.1. The van der Waals surface area contributed by atoms with Crippen molar-refractivity contribution in [3.05, 3.63) is 58.9 Å². The Bertz CT molecular complexity index is 789. The number of nitrogens with one attached hydrogen (secondary N) is 1. The van der Waals surface area contributed by atoms with E-state index in [1.165, 1.54) is 12.1 Å². The molecule has 3 aromatic rings. The minimum atomic E-state index is -0.251. The molecule has 1 N–H and O–H groups in total. The van der Waals surface area contributed by atoms with E-state index in [0.29, 0.717) is 18.8 Å². The first kappa shape index (κ1) is 14.8. The maximum absolute atomic E-state index is 13.0. The lowest BCUT2D eigenvalue weighted by Crippen LogP contribution is -2.26. The van der Waals surface area contributed by atoms with Crippen molar-refractivity contribution in [1.29, 1.82) is 0 Å². The van der Waals surface area contributed by atoms with Gasteiger partial charge in [0.05, 0.1) is 0 Å². The van der Waals surface area contributed by atoms with Crippen LogP contribution in [0.15, 0.2) is 41.8 Å². The molecule has 3 nitrogen and oxygen atoms in total. The van der Waals surface area contributed by atoms with E-state index in [2.05, 4.69) is 5.32 Å². The zero-order chi connectivity index (χ0) is 15.5. The van der Waals surface area contributed by atoms with E-state index in [-0.39, 0.29) is 11.7 Å². The summed E-state index contributed by atoms with van der Waals surface area (Å²) < 4.78 is 15.0. The molecule has 0 saturated heterocycles. The third-order valence-corrected chi connectivity index (χ3v) is 4.48. The van der Waals surface area contributed by atoms with Crippen LogP contribution in [-0.4, -0.2) is 17.0 Å². The molecule has 3 rings (SSSR count). The number of halogens is 1. The van der Waals surface area contributed by atoms with Gasteiger partial charge in [-0.25, -0.2) is 4.39 Å². The largest absolute Gasteiger partial charge is 0.351 e. The van der Waals surface area contributed by atoms with Crippen LogP contribution in [0.4, 0.5) is 4.39 Å². The van der Waals surface area contributed by atoms with Gasteiger partial charge in [-0.1, -0.05) is 19.1 Å². The summed E-state index contributed by atoms with van der Waals surface area (Å²) in [7, 11) is 0. The summed E-state index contributed by atoms with van der Waals surface area (Å²) in [5, 5.41) is 6.00. The van der Waals surface area contributed by atoms with Crippen LogP contribution in [0, 0.1) is 5.82 Å². The first-order chi connectivity index (χ1) is 10.7. The van der Waals surface area contributed by atoms with Gasteiger partial charge < -0.3 is 9.88 Å². The van der Waals surface area contributed by atoms with E-state index in [4.69, 9.17) is 0 Å². The molecule has 2 heterocycles. The minimum absolute atomic E-state index is 0.0626. The molecule has 0 atom stereocenters. The number of amides is 1. The molecule has 2 aromatic heterocycles. The van der Waals surface area contributed by atoms with Gasteiger partial charge in [0.1, 0.15) is 16.3 Å². The van der Waals surface area contributed by atoms with Crippen LogP contribution in [0.5, 0.6) is 0 Å². The highest BCUT2D eigenvalue weighted by Gasteiger charge is 2.16. The highest BCUT2D eigenvalue weighted by molar-refractivity contribution is 7.16. The second kappa shape index (κ2) is 6.32. The topological polar surface area (TPSA) is 34.0 Å². The molecule has 0 saturated carbocycles. The minimum Gasteiger partial charge on any atom is -0.351 e. The average molecular weight is 316 g/mol. The number of fused-ring (bicyclic) bond motifs is 1. The smallest absolute Gasteiger partial charge is 0.267 e. The van der Waals surface area contributed by atoms with Crippen molar-refractivity contribution < 1.29 is 9.18 Å². The summed E-state index contributed by atoms with van der Waals surface area (Å²) >= 11 is 1.61. The summed E-state index contributed by atoms with van der Waals surface area (Å²) in [6.07, 6.45) is 0.902. The number of benzene rings is 1. The summed E-state index contributed by atoms with van der Waals surface area (Å²) in [5.41, 5.74) is 1.62. The van der Waals surface area contributed by atoms with E-state index >= 15 is 0 Å².